The molecule has 1 aromatic heterocycles. The molecule has 0 fully saturated rings. The fourth-order valence-corrected chi connectivity index (χ4v) is 2.23. The van der Waals surface area contributed by atoms with E-state index in [1.807, 2.05) is 30.5 Å². The standard InChI is InChI=1S/C16H14N2.C3H4N2.HI/c1-3-7-14(8-4-1)16-13-18(12-11-17-16)15-9-5-2-6-10-15;1-2-5-3-4-1;/h1-11,13H,12H2;1-3H,(H,4,5);1H. The Balaban J connectivity index is 0.000000300. The molecule has 0 saturated heterocycles. The van der Waals surface area contributed by atoms with Crippen molar-refractivity contribution in [2.75, 3.05) is 11.4 Å². The Morgan fingerprint density at radius 1 is 0.917 bits per heavy atom. The average Bonchev–Trinajstić information content (AvgIpc) is 3.23. The summed E-state index contributed by atoms with van der Waals surface area (Å²) in [5.74, 6) is 0. The third-order valence-electron chi connectivity index (χ3n) is 3.35. The molecule has 122 valence electrons. The Hall–Kier alpha value is -2.41. The third kappa shape index (κ3) is 5.06. The number of hydrogen-bond acceptors (Lipinski definition) is 3. The summed E-state index contributed by atoms with van der Waals surface area (Å²) in [6.07, 6.45) is 9.14. The molecular formula is C19H19IN4. The first-order valence-electron chi connectivity index (χ1n) is 7.48. The van der Waals surface area contributed by atoms with Gasteiger partial charge in [0.05, 0.1) is 18.6 Å². The molecule has 2 aromatic carbocycles. The maximum Gasteiger partial charge on any atom is 0.0919 e. The molecule has 4 nitrogen and oxygen atoms in total. The lowest BCUT2D eigenvalue weighted by Gasteiger charge is -2.22. The summed E-state index contributed by atoms with van der Waals surface area (Å²) < 4.78 is 0. The number of anilines is 1. The van der Waals surface area contributed by atoms with E-state index in [0.29, 0.717) is 0 Å². The fraction of sp³-hybridized carbons (Fsp3) is 0.0526. The molecule has 0 aliphatic carbocycles. The van der Waals surface area contributed by atoms with Crippen molar-refractivity contribution < 1.29 is 0 Å². The van der Waals surface area contributed by atoms with Gasteiger partial charge in [-0.05, 0) is 12.1 Å². The number of nitrogens with zero attached hydrogens (tertiary/aromatic N) is 3. The fourth-order valence-electron chi connectivity index (χ4n) is 2.23. The highest BCUT2D eigenvalue weighted by Gasteiger charge is 2.09. The van der Waals surface area contributed by atoms with Gasteiger partial charge in [0.15, 0.2) is 0 Å². The number of aromatic nitrogens is 2. The lowest BCUT2D eigenvalue weighted by atomic mass is 10.1. The van der Waals surface area contributed by atoms with Crippen molar-refractivity contribution in [3.05, 3.63) is 91.1 Å². The Kier molecular flexibility index (Phi) is 7.22. The Morgan fingerprint density at radius 3 is 2.21 bits per heavy atom. The van der Waals surface area contributed by atoms with Crippen LogP contribution in [0.2, 0.25) is 0 Å². The predicted molar refractivity (Wildman–Crippen MR) is 111 cm³/mol. The van der Waals surface area contributed by atoms with Gasteiger partial charge < -0.3 is 9.88 Å². The molecule has 0 saturated carbocycles. The van der Waals surface area contributed by atoms with E-state index < -0.39 is 0 Å². The van der Waals surface area contributed by atoms with Gasteiger partial charge in [-0.25, -0.2) is 4.98 Å². The lowest BCUT2D eigenvalue weighted by molar-refractivity contribution is 1.11. The second kappa shape index (κ2) is 9.67. The summed E-state index contributed by atoms with van der Waals surface area (Å²) in [5, 5.41) is 0. The minimum atomic E-state index is 0. The smallest absolute Gasteiger partial charge is 0.0919 e. The summed E-state index contributed by atoms with van der Waals surface area (Å²) in [4.78, 5) is 13.1. The molecule has 0 radical (unpaired) electrons. The van der Waals surface area contributed by atoms with Crippen LogP contribution in [0, 0.1) is 0 Å². The van der Waals surface area contributed by atoms with Crippen LogP contribution in [0.15, 0.2) is 90.6 Å². The maximum atomic E-state index is 4.47. The molecule has 1 N–H and O–H groups in total. The molecule has 0 bridgehead atoms. The van der Waals surface area contributed by atoms with Crippen LogP contribution in [0.25, 0.3) is 5.70 Å². The number of nitrogens with one attached hydrogen (secondary N) is 1. The van der Waals surface area contributed by atoms with Crippen LogP contribution >= 0.6 is 24.0 Å². The summed E-state index contributed by atoms with van der Waals surface area (Å²) in [7, 11) is 0. The number of aliphatic imine (C=N–C) groups is 1. The van der Waals surface area contributed by atoms with E-state index in [4.69, 9.17) is 0 Å². The van der Waals surface area contributed by atoms with E-state index in [9.17, 15) is 0 Å². The highest BCUT2D eigenvalue weighted by molar-refractivity contribution is 14.0. The van der Waals surface area contributed by atoms with Crippen molar-refractivity contribution in [3.8, 4) is 0 Å². The number of aromatic amines is 1. The van der Waals surface area contributed by atoms with Crippen LogP contribution in [0.1, 0.15) is 5.56 Å². The van der Waals surface area contributed by atoms with Crippen molar-refractivity contribution in [2.24, 2.45) is 4.99 Å². The van der Waals surface area contributed by atoms with Gasteiger partial charge in [0.2, 0.25) is 0 Å². The number of para-hydroxylation sites is 1. The SMILES string of the molecule is C1=NC(c2ccccc2)=CN(c2ccccc2)C1.I.c1c[nH]cn1. The summed E-state index contributed by atoms with van der Waals surface area (Å²) in [6.45, 7) is 0.820. The van der Waals surface area contributed by atoms with Crippen LogP contribution < -0.4 is 4.90 Å². The Morgan fingerprint density at radius 2 is 1.62 bits per heavy atom. The number of halogens is 1. The molecule has 0 unspecified atom stereocenters. The molecule has 0 atom stereocenters. The zero-order valence-corrected chi connectivity index (χ0v) is 15.4. The largest absolute Gasteiger partial charge is 0.351 e. The van der Waals surface area contributed by atoms with Crippen molar-refractivity contribution in [2.45, 2.75) is 0 Å². The van der Waals surface area contributed by atoms with Crippen molar-refractivity contribution in [1.82, 2.24) is 9.97 Å². The topological polar surface area (TPSA) is 44.3 Å². The van der Waals surface area contributed by atoms with Gasteiger partial charge in [0, 0.05) is 36.1 Å². The number of imidazole rings is 1. The number of rotatable bonds is 2. The zero-order chi connectivity index (χ0) is 15.7. The van der Waals surface area contributed by atoms with E-state index >= 15 is 0 Å². The zero-order valence-electron chi connectivity index (χ0n) is 13.1. The van der Waals surface area contributed by atoms with Gasteiger partial charge in [0.25, 0.3) is 0 Å². The van der Waals surface area contributed by atoms with Gasteiger partial charge in [-0.2, -0.15) is 0 Å². The molecule has 1 aliphatic heterocycles. The van der Waals surface area contributed by atoms with E-state index in [0.717, 1.165) is 17.8 Å². The second-order valence-corrected chi connectivity index (χ2v) is 4.94. The minimum Gasteiger partial charge on any atom is -0.351 e. The minimum absolute atomic E-state index is 0. The number of benzene rings is 2. The molecule has 24 heavy (non-hydrogen) atoms. The maximum absolute atomic E-state index is 4.47. The highest BCUT2D eigenvalue weighted by atomic mass is 127. The summed E-state index contributed by atoms with van der Waals surface area (Å²) in [6, 6.07) is 20.6. The van der Waals surface area contributed by atoms with Gasteiger partial charge in [-0.3, -0.25) is 4.99 Å². The quantitative estimate of drug-likeness (QED) is 0.604. The molecule has 1 aliphatic rings. The van der Waals surface area contributed by atoms with E-state index in [1.54, 1.807) is 18.7 Å². The molecule has 4 rings (SSSR count). The number of H-pyrrole nitrogens is 1. The van der Waals surface area contributed by atoms with Crippen molar-refractivity contribution in [3.63, 3.8) is 0 Å². The highest BCUT2D eigenvalue weighted by Crippen LogP contribution is 2.22. The third-order valence-corrected chi connectivity index (χ3v) is 3.35. The van der Waals surface area contributed by atoms with Crippen LogP contribution in [0.3, 0.4) is 0 Å². The molecule has 0 amide bonds. The van der Waals surface area contributed by atoms with Crippen LogP contribution in [-0.2, 0) is 0 Å². The normalized spacial score (nSPS) is 12.5. The summed E-state index contributed by atoms with van der Waals surface area (Å²) >= 11 is 0. The predicted octanol–water partition coefficient (Wildman–Crippen LogP) is 4.60. The molecule has 5 heteroatoms. The van der Waals surface area contributed by atoms with Crippen LogP contribution in [-0.4, -0.2) is 22.7 Å². The van der Waals surface area contributed by atoms with E-state index in [1.165, 1.54) is 5.69 Å². The Labute approximate surface area is 159 Å². The van der Waals surface area contributed by atoms with Crippen molar-refractivity contribution in [1.29, 1.82) is 0 Å². The monoisotopic (exact) mass is 430 g/mol. The molecular weight excluding hydrogens is 411 g/mol. The molecule has 2 heterocycles. The lowest BCUT2D eigenvalue weighted by Crippen LogP contribution is -2.21. The van der Waals surface area contributed by atoms with E-state index in [2.05, 4.69) is 62.5 Å². The Bertz CT molecular complexity index is 735. The molecule has 0 spiro atoms. The van der Waals surface area contributed by atoms with Gasteiger partial charge in [0.1, 0.15) is 0 Å². The van der Waals surface area contributed by atoms with Gasteiger partial charge in [-0.15, -0.1) is 24.0 Å². The first-order valence-corrected chi connectivity index (χ1v) is 7.48. The van der Waals surface area contributed by atoms with Gasteiger partial charge >= 0.3 is 0 Å². The van der Waals surface area contributed by atoms with Crippen LogP contribution in [0.5, 0.6) is 0 Å². The van der Waals surface area contributed by atoms with Gasteiger partial charge in [-0.1, -0.05) is 48.5 Å². The average molecular weight is 430 g/mol. The van der Waals surface area contributed by atoms with Crippen LogP contribution in [0.4, 0.5) is 5.69 Å². The first kappa shape index (κ1) is 17.9. The van der Waals surface area contributed by atoms with Crippen molar-refractivity contribution >= 4 is 41.6 Å². The first-order chi connectivity index (χ1) is 11.4. The summed E-state index contributed by atoms with van der Waals surface area (Å²) in [5.41, 5.74) is 3.34. The van der Waals surface area contributed by atoms with E-state index in [-0.39, 0.29) is 24.0 Å². The second-order valence-electron chi connectivity index (χ2n) is 4.94. The molecule has 3 aromatic rings. The number of hydrogen-bond donors (Lipinski definition) is 1.